The minimum atomic E-state index is 0.395. The van der Waals surface area contributed by atoms with Crippen LogP contribution in [-0.2, 0) is 0 Å². The molecule has 2 aromatic heterocycles. The normalized spacial score (nSPS) is 11.0. The second kappa shape index (κ2) is 11.9. The molecule has 2 heterocycles. The summed E-state index contributed by atoms with van der Waals surface area (Å²) in [5.41, 5.74) is 9.79. The first-order valence-electron chi connectivity index (χ1n) is 16.7. The minimum Gasteiger partial charge on any atom is -0.309 e. The van der Waals surface area contributed by atoms with Gasteiger partial charge < -0.3 is 9.13 Å². The van der Waals surface area contributed by atoms with Gasteiger partial charge in [-0.15, -0.1) is 0 Å². The van der Waals surface area contributed by atoms with Crippen molar-refractivity contribution >= 4 is 43.6 Å². The minimum absolute atomic E-state index is 0.395. The molecule has 52 heavy (non-hydrogen) atoms. The van der Waals surface area contributed by atoms with E-state index in [1.807, 2.05) is 66.7 Å². The molecule has 0 amide bonds. The van der Waals surface area contributed by atoms with Gasteiger partial charge in [0.25, 0.3) is 0 Å². The lowest BCUT2D eigenvalue weighted by Crippen LogP contribution is -2.00. The van der Waals surface area contributed by atoms with E-state index in [0.29, 0.717) is 33.4 Å². The van der Waals surface area contributed by atoms with Crippen molar-refractivity contribution in [1.29, 1.82) is 21.0 Å². The van der Waals surface area contributed by atoms with E-state index in [9.17, 15) is 21.0 Å². The molecule has 0 aliphatic rings. The van der Waals surface area contributed by atoms with Gasteiger partial charge in [-0.1, -0.05) is 84.9 Å². The maximum Gasteiger partial charge on any atom is 0.0998 e. The largest absolute Gasteiger partial charge is 0.309 e. The van der Waals surface area contributed by atoms with E-state index in [2.05, 4.69) is 75.9 Å². The van der Waals surface area contributed by atoms with Gasteiger partial charge in [0.1, 0.15) is 0 Å². The average molecular weight is 661 g/mol. The van der Waals surface area contributed by atoms with Crippen LogP contribution in [0.1, 0.15) is 22.3 Å². The van der Waals surface area contributed by atoms with Crippen molar-refractivity contribution in [3.8, 4) is 57.9 Å². The number of benzene rings is 7. The maximum absolute atomic E-state index is 10.3. The van der Waals surface area contributed by atoms with Crippen molar-refractivity contribution < 1.29 is 0 Å². The molecule has 6 nitrogen and oxygen atoms in total. The monoisotopic (exact) mass is 660 g/mol. The van der Waals surface area contributed by atoms with Crippen LogP contribution in [0.5, 0.6) is 0 Å². The molecule has 9 rings (SSSR count). The maximum atomic E-state index is 10.3. The first-order chi connectivity index (χ1) is 25.7. The summed E-state index contributed by atoms with van der Waals surface area (Å²) in [6.07, 6.45) is 0. The molecular formula is C46H24N6. The molecule has 0 atom stereocenters. The van der Waals surface area contributed by atoms with E-state index in [-0.39, 0.29) is 0 Å². The van der Waals surface area contributed by atoms with Gasteiger partial charge in [0, 0.05) is 55.2 Å². The van der Waals surface area contributed by atoms with Crippen LogP contribution in [0.2, 0.25) is 0 Å². The molecule has 9 aromatic rings. The third kappa shape index (κ3) is 4.33. The van der Waals surface area contributed by atoms with Gasteiger partial charge in [0.2, 0.25) is 0 Å². The average Bonchev–Trinajstić information content (AvgIpc) is 3.73. The smallest absolute Gasteiger partial charge is 0.0998 e. The standard InChI is InChI=1S/C46H24N6/c47-25-29-10-6-11-30(26-48)43(29)38-19-8-17-36-37-18-9-20-39(44-31(27-49)12-7-13-32(44)28-50)46(37)52(45(36)38)34-22-23-42-40(24-34)35-16-4-5-21-41(35)51(42)33-14-2-1-3-15-33/h1-24H. The van der Waals surface area contributed by atoms with Gasteiger partial charge in [0.05, 0.1) is 68.6 Å². The zero-order valence-corrected chi connectivity index (χ0v) is 27.5. The Morgan fingerprint density at radius 2 is 0.808 bits per heavy atom. The number of nitriles is 4. The van der Waals surface area contributed by atoms with Gasteiger partial charge >= 0.3 is 0 Å². The quantitative estimate of drug-likeness (QED) is 0.187. The summed E-state index contributed by atoms with van der Waals surface area (Å²) >= 11 is 0. The third-order valence-corrected chi connectivity index (χ3v) is 9.89. The summed E-state index contributed by atoms with van der Waals surface area (Å²) in [6.45, 7) is 0. The molecule has 0 saturated carbocycles. The first-order valence-corrected chi connectivity index (χ1v) is 16.7. The fourth-order valence-corrected chi connectivity index (χ4v) is 7.79. The zero-order chi connectivity index (χ0) is 35.3. The fourth-order valence-electron chi connectivity index (χ4n) is 7.79. The summed E-state index contributed by atoms with van der Waals surface area (Å²) < 4.78 is 4.44. The molecule has 7 aromatic carbocycles. The van der Waals surface area contributed by atoms with Crippen LogP contribution in [0.4, 0.5) is 0 Å². The second-order valence-electron chi connectivity index (χ2n) is 12.5. The fraction of sp³-hybridized carbons (Fsp3) is 0. The van der Waals surface area contributed by atoms with Gasteiger partial charge in [-0.2, -0.15) is 21.0 Å². The Balaban J connectivity index is 1.49. The van der Waals surface area contributed by atoms with Crippen molar-refractivity contribution in [1.82, 2.24) is 9.13 Å². The highest BCUT2D eigenvalue weighted by Crippen LogP contribution is 2.45. The Morgan fingerprint density at radius 3 is 1.35 bits per heavy atom. The lowest BCUT2D eigenvalue weighted by Gasteiger charge is -2.16. The number of fused-ring (bicyclic) bond motifs is 6. The highest BCUT2D eigenvalue weighted by Gasteiger charge is 2.24. The number of aromatic nitrogens is 2. The molecular weight excluding hydrogens is 637 g/mol. The number of nitrogens with zero attached hydrogens (tertiary/aromatic N) is 6. The van der Waals surface area contributed by atoms with Gasteiger partial charge in [0.15, 0.2) is 0 Å². The molecule has 0 unspecified atom stereocenters. The Morgan fingerprint density at radius 1 is 0.346 bits per heavy atom. The molecule has 0 aliphatic carbocycles. The Bertz CT molecular complexity index is 2920. The molecule has 0 N–H and O–H groups in total. The van der Waals surface area contributed by atoms with E-state index in [4.69, 9.17) is 0 Å². The molecule has 0 aliphatic heterocycles. The van der Waals surface area contributed by atoms with Crippen LogP contribution < -0.4 is 0 Å². The van der Waals surface area contributed by atoms with Crippen molar-refractivity contribution in [2.45, 2.75) is 0 Å². The number of hydrogen-bond donors (Lipinski definition) is 0. The molecule has 6 heteroatoms. The van der Waals surface area contributed by atoms with E-state index < -0.39 is 0 Å². The van der Waals surface area contributed by atoms with Crippen LogP contribution in [0.25, 0.3) is 77.2 Å². The summed E-state index contributed by atoms with van der Waals surface area (Å²) in [7, 11) is 0. The van der Waals surface area contributed by atoms with Crippen LogP contribution in [0, 0.1) is 45.3 Å². The van der Waals surface area contributed by atoms with Crippen molar-refractivity contribution in [3.05, 3.63) is 168 Å². The van der Waals surface area contributed by atoms with Crippen molar-refractivity contribution in [2.75, 3.05) is 0 Å². The van der Waals surface area contributed by atoms with Gasteiger partial charge in [-0.3, -0.25) is 0 Å². The zero-order valence-electron chi connectivity index (χ0n) is 27.5. The summed E-state index contributed by atoms with van der Waals surface area (Å²) in [6, 6.07) is 56.6. The molecule has 0 radical (unpaired) electrons. The van der Waals surface area contributed by atoms with Crippen LogP contribution >= 0.6 is 0 Å². The topological polar surface area (TPSA) is 105 Å². The van der Waals surface area contributed by atoms with Crippen molar-refractivity contribution in [2.24, 2.45) is 0 Å². The highest BCUT2D eigenvalue weighted by atomic mass is 15.0. The van der Waals surface area contributed by atoms with E-state index in [0.717, 1.165) is 66.1 Å². The van der Waals surface area contributed by atoms with E-state index >= 15 is 0 Å². The summed E-state index contributed by atoms with van der Waals surface area (Å²) in [5.74, 6) is 0. The molecule has 0 fully saturated rings. The third-order valence-electron chi connectivity index (χ3n) is 9.89. The predicted octanol–water partition coefficient (Wildman–Crippen LogP) is 10.7. The Kier molecular flexibility index (Phi) is 6.91. The molecule has 238 valence electrons. The van der Waals surface area contributed by atoms with Crippen LogP contribution in [-0.4, -0.2) is 9.13 Å². The molecule has 0 bridgehead atoms. The van der Waals surface area contributed by atoms with Crippen LogP contribution in [0.15, 0.2) is 146 Å². The summed E-state index contributed by atoms with van der Waals surface area (Å²) in [5, 5.41) is 45.1. The Labute approximate surface area is 298 Å². The highest BCUT2D eigenvalue weighted by molar-refractivity contribution is 6.18. The Hall–Kier alpha value is -7.90. The number of hydrogen-bond acceptors (Lipinski definition) is 4. The molecule has 0 spiro atoms. The van der Waals surface area contributed by atoms with Gasteiger partial charge in [-0.05, 0) is 60.7 Å². The second-order valence-corrected chi connectivity index (χ2v) is 12.5. The van der Waals surface area contributed by atoms with Gasteiger partial charge in [-0.25, -0.2) is 0 Å². The van der Waals surface area contributed by atoms with E-state index in [1.54, 1.807) is 36.4 Å². The first kappa shape index (κ1) is 30.2. The predicted molar refractivity (Wildman–Crippen MR) is 205 cm³/mol. The van der Waals surface area contributed by atoms with Crippen LogP contribution in [0.3, 0.4) is 0 Å². The van der Waals surface area contributed by atoms with E-state index in [1.165, 1.54) is 0 Å². The summed E-state index contributed by atoms with van der Waals surface area (Å²) in [4.78, 5) is 0. The van der Waals surface area contributed by atoms with Crippen molar-refractivity contribution in [3.63, 3.8) is 0 Å². The lowest BCUT2D eigenvalue weighted by molar-refractivity contribution is 1.17. The number of rotatable bonds is 4. The molecule has 0 saturated heterocycles. The lowest BCUT2D eigenvalue weighted by atomic mass is 9.93. The SMILES string of the molecule is N#Cc1cccc(C#N)c1-c1cccc2c3cccc(-c4c(C#N)cccc4C#N)c3n(-c3ccc4c(c3)c3ccccc3n4-c3ccccc3)c12. The number of para-hydroxylation sites is 4.